The first kappa shape index (κ1) is 22.6. The molecule has 180 valence electrons. The quantitative estimate of drug-likeness (QED) is 0.260. The minimum atomic E-state index is -0.685. The second-order valence-corrected chi connectivity index (χ2v) is 8.66. The van der Waals surface area contributed by atoms with Crippen LogP contribution in [0.15, 0.2) is 52.6 Å². The van der Waals surface area contributed by atoms with Gasteiger partial charge in [0, 0.05) is 17.5 Å². The van der Waals surface area contributed by atoms with Crippen molar-refractivity contribution in [1.29, 1.82) is 0 Å². The Hall–Kier alpha value is -4.21. The fraction of sp³-hybridized carbons (Fsp3) is 0.320. The summed E-state index contributed by atoms with van der Waals surface area (Å²) in [5, 5.41) is 6.06. The minimum Gasteiger partial charge on any atom is -0.490 e. The molecule has 2 heterocycles. The predicted molar refractivity (Wildman–Crippen MR) is 128 cm³/mol. The van der Waals surface area contributed by atoms with Gasteiger partial charge in [-0.15, -0.1) is 0 Å². The van der Waals surface area contributed by atoms with Crippen LogP contribution >= 0.6 is 0 Å². The third-order valence-electron chi connectivity index (χ3n) is 6.11. The van der Waals surface area contributed by atoms with E-state index in [1.165, 1.54) is 11.1 Å². The zero-order chi connectivity index (χ0) is 24.4. The van der Waals surface area contributed by atoms with E-state index in [1.807, 2.05) is 24.3 Å². The minimum absolute atomic E-state index is 0.0476. The van der Waals surface area contributed by atoms with Gasteiger partial charge in [0.15, 0.2) is 0 Å². The number of fused-ring (bicyclic) bond motifs is 1. The lowest BCUT2D eigenvalue weighted by atomic mass is 10.0. The van der Waals surface area contributed by atoms with Crippen molar-refractivity contribution in [2.24, 2.45) is 15.9 Å². The zero-order valence-corrected chi connectivity index (χ0v) is 19.0. The average molecular weight is 476 g/mol. The van der Waals surface area contributed by atoms with Crippen molar-refractivity contribution < 1.29 is 23.9 Å². The van der Waals surface area contributed by atoms with Crippen LogP contribution in [-0.2, 0) is 16.1 Å². The molecule has 5 rings (SSSR count). The van der Waals surface area contributed by atoms with Crippen LogP contribution in [0.3, 0.4) is 0 Å². The van der Waals surface area contributed by atoms with E-state index >= 15 is 0 Å². The van der Waals surface area contributed by atoms with Gasteiger partial charge in [-0.1, -0.05) is 6.07 Å². The van der Waals surface area contributed by atoms with Crippen LogP contribution in [0.5, 0.6) is 11.5 Å². The van der Waals surface area contributed by atoms with Gasteiger partial charge in [0.2, 0.25) is 11.8 Å². The van der Waals surface area contributed by atoms with Gasteiger partial charge in [-0.05, 0) is 55.7 Å². The number of benzene rings is 2. The van der Waals surface area contributed by atoms with Crippen molar-refractivity contribution >= 4 is 35.3 Å². The molecule has 35 heavy (non-hydrogen) atoms. The fourth-order valence-electron chi connectivity index (χ4n) is 4.09. The molecule has 0 spiro atoms. The van der Waals surface area contributed by atoms with E-state index in [-0.39, 0.29) is 31.4 Å². The third kappa shape index (κ3) is 5.01. The third-order valence-corrected chi connectivity index (χ3v) is 6.11. The molecule has 2 aromatic rings. The van der Waals surface area contributed by atoms with Gasteiger partial charge in [-0.25, -0.2) is 0 Å². The Balaban J connectivity index is 1.23. The van der Waals surface area contributed by atoms with E-state index in [0.717, 1.165) is 24.3 Å². The summed E-state index contributed by atoms with van der Waals surface area (Å²) in [4.78, 5) is 42.6. The molecule has 2 aromatic carbocycles. The maximum atomic E-state index is 12.9. The molecular weight excluding hydrogens is 450 g/mol. The summed E-state index contributed by atoms with van der Waals surface area (Å²) in [6.45, 7) is 0.265. The van der Waals surface area contributed by atoms with Gasteiger partial charge >= 0.3 is 0 Å². The number of nitrogens with one attached hydrogen (secondary N) is 1. The number of carbonyl (C=O) groups is 3. The van der Waals surface area contributed by atoms with Gasteiger partial charge in [0.1, 0.15) is 29.9 Å². The van der Waals surface area contributed by atoms with Gasteiger partial charge in [-0.2, -0.15) is 5.10 Å². The first-order chi connectivity index (χ1) is 17.0. The molecule has 0 radical (unpaired) electrons. The Morgan fingerprint density at radius 1 is 1.11 bits per heavy atom. The highest BCUT2D eigenvalue weighted by molar-refractivity contribution is 6.31. The molecule has 1 atom stereocenters. The summed E-state index contributed by atoms with van der Waals surface area (Å²) < 4.78 is 11.7. The van der Waals surface area contributed by atoms with Crippen molar-refractivity contribution in [3.8, 4) is 11.5 Å². The Morgan fingerprint density at radius 3 is 2.63 bits per heavy atom. The van der Waals surface area contributed by atoms with E-state index < -0.39 is 11.9 Å². The smallest absolute Gasteiger partial charge is 0.255 e. The number of hydrogen-bond donors (Lipinski definition) is 2. The largest absolute Gasteiger partial charge is 0.490 e. The molecule has 2 aliphatic heterocycles. The summed E-state index contributed by atoms with van der Waals surface area (Å²) in [5.74, 6) is 5.82. The Morgan fingerprint density at radius 2 is 1.91 bits per heavy atom. The van der Waals surface area contributed by atoms with Crippen molar-refractivity contribution in [2.45, 2.75) is 44.4 Å². The van der Waals surface area contributed by atoms with Crippen LogP contribution < -0.4 is 20.6 Å². The second-order valence-electron chi connectivity index (χ2n) is 8.66. The molecule has 3 amide bonds. The number of piperidine rings is 1. The number of nitrogens with two attached hydrogens (primary N) is 1. The van der Waals surface area contributed by atoms with Crippen LogP contribution in [0.2, 0.25) is 0 Å². The number of hydrogen-bond acceptors (Lipinski definition) is 8. The summed E-state index contributed by atoms with van der Waals surface area (Å²) in [7, 11) is 0. The van der Waals surface area contributed by atoms with E-state index in [2.05, 4.69) is 15.4 Å². The molecule has 3 N–H and O–H groups in total. The van der Waals surface area contributed by atoms with E-state index in [0.29, 0.717) is 35.1 Å². The van der Waals surface area contributed by atoms with E-state index in [4.69, 9.17) is 15.3 Å². The standard InChI is InChI=1S/C25H25N5O5/c26-29-16(12-27-15-4-6-17(7-5-15)35-18-8-9-18)14-34-22-3-1-2-19-20(22)13-30(25(19)33)21-10-11-23(31)28-24(21)32/h1-7,12,18,21H,8-11,13-14,26H2,(H,28,31,32). The van der Waals surface area contributed by atoms with Gasteiger partial charge in [0.05, 0.1) is 24.6 Å². The molecule has 1 saturated carbocycles. The highest BCUT2D eigenvalue weighted by Gasteiger charge is 2.40. The van der Waals surface area contributed by atoms with Crippen molar-refractivity contribution in [2.75, 3.05) is 6.61 Å². The van der Waals surface area contributed by atoms with Crippen molar-refractivity contribution in [3.63, 3.8) is 0 Å². The number of carbonyl (C=O) groups excluding carboxylic acids is 3. The van der Waals surface area contributed by atoms with Crippen LogP contribution in [0.4, 0.5) is 5.69 Å². The van der Waals surface area contributed by atoms with Crippen LogP contribution in [0, 0.1) is 0 Å². The molecule has 1 saturated heterocycles. The van der Waals surface area contributed by atoms with Crippen molar-refractivity contribution in [3.05, 3.63) is 53.6 Å². The lowest BCUT2D eigenvalue weighted by molar-refractivity contribution is -0.136. The maximum Gasteiger partial charge on any atom is 0.255 e. The van der Waals surface area contributed by atoms with Crippen molar-refractivity contribution in [1.82, 2.24) is 10.2 Å². The highest BCUT2D eigenvalue weighted by Crippen LogP contribution is 2.33. The number of imide groups is 1. The molecule has 3 aliphatic rings. The SMILES string of the molecule is NN=C(C=Nc1ccc(OC2CC2)cc1)COc1cccc2c1CN(C1CCC(=O)NC1=O)C2=O. The molecule has 1 unspecified atom stereocenters. The number of nitrogens with zero attached hydrogens (tertiary/aromatic N) is 3. The fourth-order valence-corrected chi connectivity index (χ4v) is 4.09. The Bertz CT molecular complexity index is 1220. The molecule has 0 bridgehead atoms. The lowest BCUT2D eigenvalue weighted by Gasteiger charge is -2.29. The summed E-state index contributed by atoms with van der Waals surface area (Å²) in [5.41, 5.74) is 2.29. The van der Waals surface area contributed by atoms with Gasteiger partial charge in [0.25, 0.3) is 5.91 Å². The molecular formula is C25H25N5O5. The van der Waals surface area contributed by atoms with E-state index in [1.54, 1.807) is 18.2 Å². The molecule has 10 heteroatoms. The van der Waals surface area contributed by atoms with E-state index in [9.17, 15) is 14.4 Å². The summed E-state index contributed by atoms with van der Waals surface area (Å²) in [6, 6.07) is 11.9. The number of hydrazone groups is 1. The number of amides is 3. The zero-order valence-electron chi connectivity index (χ0n) is 19.0. The first-order valence-electron chi connectivity index (χ1n) is 11.5. The Labute approximate surface area is 201 Å². The van der Waals surface area contributed by atoms with Gasteiger partial charge in [-0.3, -0.25) is 24.7 Å². The highest BCUT2D eigenvalue weighted by atomic mass is 16.5. The van der Waals surface area contributed by atoms with Crippen LogP contribution in [-0.4, -0.2) is 53.3 Å². The Kier molecular flexibility index (Phi) is 6.17. The monoisotopic (exact) mass is 475 g/mol. The summed E-state index contributed by atoms with van der Waals surface area (Å²) in [6.07, 6.45) is 4.57. The summed E-state index contributed by atoms with van der Waals surface area (Å²) >= 11 is 0. The number of rotatable bonds is 8. The lowest BCUT2D eigenvalue weighted by Crippen LogP contribution is -2.52. The number of aliphatic imine (C=N–C) groups is 1. The molecule has 1 aliphatic carbocycles. The van der Waals surface area contributed by atoms with Crippen LogP contribution in [0.1, 0.15) is 41.6 Å². The molecule has 10 nitrogen and oxygen atoms in total. The topological polar surface area (TPSA) is 136 Å². The molecule has 0 aromatic heterocycles. The van der Waals surface area contributed by atoms with Gasteiger partial charge < -0.3 is 20.2 Å². The second kappa shape index (κ2) is 9.57. The number of ether oxygens (including phenoxy) is 2. The first-order valence-corrected chi connectivity index (χ1v) is 11.5. The molecule has 2 fully saturated rings. The van der Waals surface area contributed by atoms with Crippen LogP contribution in [0.25, 0.3) is 0 Å². The average Bonchev–Trinajstić information content (AvgIpc) is 3.61. The maximum absolute atomic E-state index is 12.9. The normalized spacial score (nSPS) is 20.2. The predicted octanol–water partition coefficient (Wildman–Crippen LogP) is 2.08.